The molecule has 1 aromatic carbocycles. The number of aromatic nitrogens is 2. The van der Waals surface area contributed by atoms with Crippen molar-refractivity contribution < 1.29 is 86.1 Å². The molecule has 13 atom stereocenters. The highest BCUT2D eigenvalue weighted by Gasteiger charge is 2.92. The third-order valence-electron chi connectivity index (χ3n) is 13.6. The summed E-state index contributed by atoms with van der Waals surface area (Å²) in [4.78, 5) is 129. The Balaban J connectivity index is 1.65. The maximum absolute atomic E-state index is 14.8. The van der Waals surface area contributed by atoms with Gasteiger partial charge in [-0.15, -0.1) is 0 Å². The van der Waals surface area contributed by atoms with Crippen LogP contribution >= 0.6 is 0 Å². The van der Waals surface area contributed by atoms with E-state index >= 15 is 0 Å². The standard InChI is InChI=1S/C48H52N2O19/c1-23-24(2)41(56)67-38-36(66-43(58)30-17-18-32(55)50(9)20-30)40(65-28(6)54)47(22-61-25(3)51)39(68-42(57)29-14-11-10-12-15-29)35(63-26(4)52)33-37(64-27(5)53)48(47,46(38,8)60)69-45(33,7)21-62-44(59)31-16-13-19-49-34(23)31/h10-20,23-24,33,35-40,60H,21-22H2,1-9H3/t23-,24+,33-,35+,36+,37-,38+,39-,40+,45+,46?,47+,48+/m1/s1. The van der Waals surface area contributed by atoms with Crippen molar-refractivity contribution in [1.29, 1.82) is 0 Å². The van der Waals surface area contributed by atoms with E-state index in [0.717, 1.165) is 57.5 Å². The van der Waals surface area contributed by atoms with Gasteiger partial charge >= 0.3 is 47.8 Å². The second kappa shape index (κ2) is 18.5. The van der Waals surface area contributed by atoms with Gasteiger partial charge < -0.3 is 52.3 Å². The van der Waals surface area contributed by atoms with Crippen molar-refractivity contribution in [3.63, 3.8) is 0 Å². The minimum absolute atomic E-state index is 0.0810. The molecule has 4 aliphatic rings. The molecular weight excluding hydrogens is 909 g/mol. The molecule has 4 bridgehead atoms. The Kier molecular flexibility index (Phi) is 13.4. The van der Waals surface area contributed by atoms with Gasteiger partial charge in [-0.2, -0.15) is 0 Å². The van der Waals surface area contributed by atoms with Crippen LogP contribution in [0, 0.1) is 17.3 Å². The summed E-state index contributed by atoms with van der Waals surface area (Å²) in [6.45, 7) is 7.40. The van der Waals surface area contributed by atoms with Gasteiger partial charge in [-0.05, 0) is 44.2 Å². The highest BCUT2D eigenvalue weighted by Crippen LogP contribution is 2.70. The predicted octanol–water partition coefficient (Wildman–Crippen LogP) is 2.32. The van der Waals surface area contributed by atoms with Crippen LogP contribution in [0.1, 0.15) is 98.1 Å². The van der Waals surface area contributed by atoms with Gasteiger partial charge in [0.05, 0.1) is 34.2 Å². The summed E-state index contributed by atoms with van der Waals surface area (Å²) in [5, 5.41) is 13.9. The van der Waals surface area contributed by atoms with Crippen LogP contribution in [0.2, 0.25) is 0 Å². The number of benzene rings is 1. The molecule has 2 saturated carbocycles. The van der Waals surface area contributed by atoms with Crippen molar-refractivity contribution in [3.05, 3.63) is 99.7 Å². The van der Waals surface area contributed by atoms with E-state index in [4.69, 9.17) is 42.6 Å². The normalized spacial score (nSPS) is 33.5. The third kappa shape index (κ3) is 8.40. The Bertz CT molecular complexity index is 2650. The molecule has 69 heavy (non-hydrogen) atoms. The van der Waals surface area contributed by atoms with E-state index in [1.165, 1.54) is 63.5 Å². The summed E-state index contributed by atoms with van der Waals surface area (Å²) in [6, 6.07) is 12.4. The van der Waals surface area contributed by atoms with Crippen LogP contribution in [0.5, 0.6) is 0 Å². The Morgan fingerprint density at radius 3 is 1.99 bits per heavy atom. The number of pyridine rings is 2. The fraction of sp³-hybridized carbons (Fsp3) is 0.500. The molecule has 1 N–H and O–H groups in total. The molecule has 21 heteroatoms. The molecule has 4 heterocycles. The van der Waals surface area contributed by atoms with Crippen LogP contribution < -0.4 is 5.56 Å². The van der Waals surface area contributed by atoms with Crippen LogP contribution in [-0.2, 0) is 73.7 Å². The van der Waals surface area contributed by atoms with Gasteiger partial charge in [0.25, 0.3) is 0 Å². The summed E-state index contributed by atoms with van der Waals surface area (Å²) in [7, 11) is 1.35. The number of carbonyl (C=O) groups excluding carboxylic acids is 8. The Hall–Kier alpha value is -7.00. The van der Waals surface area contributed by atoms with E-state index in [9.17, 15) is 48.3 Å². The van der Waals surface area contributed by atoms with E-state index < -0.39 is 143 Å². The monoisotopic (exact) mass is 960 g/mol. The quantitative estimate of drug-likeness (QED) is 0.238. The maximum Gasteiger partial charge on any atom is 0.340 e. The van der Waals surface area contributed by atoms with Gasteiger partial charge in [-0.1, -0.05) is 32.0 Å². The maximum atomic E-state index is 14.8. The largest absolute Gasteiger partial charge is 0.465 e. The van der Waals surface area contributed by atoms with Crippen LogP contribution in [0.15, 0.2) is 71.8 Å². The lowest BCUT2D eigenvalue weighted by Gasteiger charge is -2.67. The molecule has 1 spiro atoms. The molecule has 0 amide bonds. The number of nitrogens with zero attached hydrogens (tertiary/aromatic N) is 2. The minimum Gasteiger partial charge on any atom is -0.465 e. The number of aryl methyl sites for hydroxylation is 1. The molecule has 3 aromatic rings. The fourth-order valence-corrected chi connectivity index (χ4v) is 10.5. The third-order valence-corrected chi connectivity index (χ3v) is 13.6. The summed E-state index contributed by atoms with van der Waals surface area (Å²) in [6.07, 6.45) is -10.4. The smallest absolute Gasteiger partial charge is 0.340 e. The van der Waals surface area contributed by atoms with Gasteiger partial charge in [0.2, 0.25) is 5.56 Å². The summed E-state index contributed by atoms with van der Waals surface area (Å²) in [5.41, 5.74) is -11.7. The number of rotatable bonds is 9. The average molecular weight is 961 g/mol. The average Bonchev–Trinajstić information content (AvgIpc) is 3.51. The van der Waals surface area contributed by atoms with Crippen molar-refractivity contribution in [2.24, 2.45) is 24.3 Å². The second-order valence-corrected chi connectivity index (χ2v) is 18.2. The molecule has 3 fully saturated rings. The van der Waals surface area contributed by atoms with E-state index in [0.29, 0.717) is 0 Å². The number of aliphatic hydroxyl groups is 1. The molecule has 368 valence electrons. The van der Waals surface area contributed by atoms with E-state index in [-0.39, 0.29) is 22.4 Å². The van der Waals surface area contributed by atoms with Gasteiger partial charge in [0.1, 0.15) is 42.0 Å². The molecule has 2 aliphatic heterocycles. The lowest BCUT2D eigenvalue weighted by atomic mass is 9.45. The van der Waals surface area contributed by atoms with Gasteiger partial charge in [-0.25, -0.2) is 14.4 Å². The first-order valence-corrected chi connectivity index (χ1v) is 22.0. The number of fused-ring (bicyclic) bond motifs is 5. The van der Waals surface area contributed by atoms with E-state index in [1.54, 1.807) is 13.0 Å². The highest BCUT2D eigenvalue weighted by molar-refractivity contribution is 5.92. The minimum atomic E-state index is -2.98. The summed E-state index contributed by atoms with van der Waals surface area (Å²) < 4.78 is 57.5. The number of hydrogen-bond donors (Lipinski definition) is 1. The van der Waals surface area contributed by atoms with Crippen molar-refractivity contribution in [2.75, 3.05) is 13.2 Å². The lowest BCUT2D eigenvalue weighted by Crippen LogP contribution is -2.89. The lowest BCUT2D eigenvalue weighted by molar-refractivity contribution is -0.385. The van der Waals surface area contributed by atoms with Gasteiger partial charge in [0.15, 0.2) is 30.0 Å². The number of hydrogen-bond acceptors (Lipinski definition) is 20. The topological polar surface area (TPSA) is 275 Å². The summed E-state index contributed by atoms with van der Waals surface area (Å²) in [5.74, 6) is -12.5. The first-order valence-electron chi connectivity index (χ1n) is 22.0. The zero-order valence-electron chi connectivity index (χ0n) is 39.2. The first-order chi connectivity index (χ1) is 32.4. The predicted molar refractivity (Wildman–Crippen MR) is 231 cm³/mol. The van der Waals surface area contributed by atoms with Crippen molar-refractivity contribution >= 4 is 47.8 Å². The van der Waals surface area contributed by atoms with Crippen molar-refractivity contribution in [3.8, 4) is 0 Å². The molecule has 2 aromatic heterocycles. The Labute approximate surface area is 394 Å². The van der Waals surface area contributed by atoms with Crippen LogP contribution in [0.25, 0.3) is 0 Å². The number of cyclic esters (lactones) is 1. The van der Waals surface area contributed by atoms with E-state index in [2.05, 4.69) is 4.98 Å². The van der Waals surface area contributed by atoms with Crippen LogP contribution in [0.3, 0.4) is 0 Å². The molecule has 1 saturated heterocycles. The van der Waals surface area contributed by atoms with E-state index in [1.807, 2.05) is 0 Å². The Morgan fingerprint density at radius 2 is 1.36 bits per heavy atom. The highest BCUT2D eigenvalue weighted by atomic mass is 16.7. The number of esters is 8. The molecular formula is C48H52N2O19. The molecule has 2 aliphatic carbocycles. The van der Waals surface area contributed by atoms with Crippen LogP contribution in [0.4, 0.5) is 0 Å². The molecule has 1 unspecified atom stereocenters. The number of carbonyl (C=O) groups is 8. The zero-order valence-corrected chi connectivity index (χ0v) is 39.2. The molecule has 7 rings (SSSR count). The fourth-order valence-electron chi connectivity index (χ4n) is 10.5. The van der Waals surface area contributed by atoms with Crippen molar-refractivity contribution in [2.45, 2.75) is 115 Å². The SMILES string of the molecule is CC(=O)OC[C@@]12[C@H](OC(=O)c3ccccc3)[C@@H](OC(C)=O)[C@@H]3[C@@H](OC(C)=O)[C@@]14O[C@@]3(C)COC(=O)c1cccnc1[C@H](C)[C@H](C)C(=O)O[C@@H]([C@H](OC(=O)c1ccc(=O)n(C)c1)[C@@H]2OC(C)=O)C4(C)O. The van der Waals surface area contributed by atoms with Crippen LogP contribution in [-0.4, -0.2) is 129 Å². The number of ether oxygens (including phenoxy) is 9. The molecule has 21 nitrogen and oxygen atoms in total. The second-order valence-electron chi connectivity index (χ2n) is 18.2. The molecule has 0 radical (unpaired) electrons. The van der Waals surface area contributed by atoms with Crippen molar-refractivity contribution in [1.82, 2.24) is 9.55 Å². The van der Waals surface area contributed by atoms with Gasteiger partial charge in [-0.3, -0.25) is 33.8 Å². The first kappa shape index (κ1) is 49.9. The zero-order chi connectivity index (χ0) is 50.5. The summed E-state index contributed by atoms with van der Waals surface area (Å²) >= 11 is 0. The Morgan fingerprint density at radius 1 is 0.739 bits per heavy atom. The van der Waals surface area contributed by atoms with Gasteiger partial charge in [0, 0.05) is 59.1 Å².